The van der Waals surface area contributed by atoms with Crippen molar-refractivity contribution < 1.29 is 14.6 Å². The molecule has 1 N–H and O–H groups in total. The van der Waals surface area contributed by atoms with E-state index in [1.165, 1.54) is 0 Å². The van der Waals surface area contributed by atoms with Crippen molar-refractivity contribution in [2.45, 2.75) is 18.8 Å². The van der Waals surface area contributed by atoms with Gasteiger partial charge in [-0.3, -0.25) is 4.90 Å². The third-order valence-corrected chi connectivity index (χ3v) is 3.21. The van der Waals surface area contributed by atoms with Gasteiger partial charge in [0.05, 0.1) is 12.2 Å². The van der Waals surface area contributed by atoms with Crippen LogP contribution in [0, 0.1) is 0 Å². The number of benzene rings is 1. The highest BCUT2D eigenvalue weighted by Gasteiger charge is 2.32. The Morgan fingerprint density at radius 2 is 1.88 bits per heavy atom. The molecule has 1 aromatic carbocycles. The Labute approximate surface area is 102 Å². The quantitative estimate of drug-likeness (QED) is 0.855. The number of hydrogen-bond donors (Lipinski definition) is 1. The summed E-state index contributed by atoms with van der Waals surface area (Å²) in [4.78, 5) is 2.27. The Hall–Kier alpha value is -1.10. The van der Waals surface area contributed by atoms with Crippen molar-refractivity contribution >= 4 is 0 Å². The molecule has 1 aromatic rings. The zero-order valence-electron chi connectivity index (χ0n) is 10.3. The molecule has 0 amide bonds. The van der Waals surface area contributed by atoms with Crippen molar-refractivity contribution in [2.75, 3.05) is 27.3 Å². The Morgan fingerprint density at radius 1 is 1.24 bits per heavy atom. The first-order valence-corrected chi connectivity index (χ1v) is 5.78. The fourth-order valence-electron chi connectivity index (χ4n) is 2.31. The number of rotatable bonds is 4. The van der Waals surface area contributed by atoms with E-state index in [-0.39, 0.29) is 12.2 Å². The molecule has 0 saturated carbocycles. The highest BCUT2D eigenvalue weighted by Crippen LogP contribution is 2.19. The molecule has 0 bridgehead atoms. The number of methoxy groups -OCH3 is 2. The molecule has 1 heterocycles. The van der Waals surface area contributed by atoms with Crippen molar-refractivity contribution in [3.05, 3.63) is 29.8 Å². The summed E-state index contributed by atoms with van der Waals surface area (Å²) in [6.07, 6.45) is 0.273. The van der Waals surface area contributed by atoms with E-state index in [1.54, 1.807) is 26.4 Å². The largest absolute Gasteiger partial charge is 0.508 e. The van der Waals surface area contributed by atoms with Crippen LogP contribution < -0.4 is 0 Å². The lowest BCUT2D eigenvalue weighted by Gasteiger charge is -2.15. The zero-order valence-corrected chi connectivity index (χ0v) is 10.3. The number of aromatic hydroxyl groups is 1. The van der Waals surface area contributed by atoms with Crippen LogP contribution in [0.25, 0.3) is 0 Å². The van der Waals surface area contributed by atoms with Gasteiger partial charge in [0.15, 0.2) is 0 Å². The lowest BCUT2D eigenvalue weighted by molar-refractivity contribution is -0.00461. The number of nitrogens with zero attached hydrogens (tertiary/aromatic N) is 1. The maximum atomic E-state index is 9.42. The fourth-order valence-corrected chi connectivity index (χ4v) is 2.31. The van der Waals surface area contributed by atoms with Crippen molar-refractivity contribution in [3.8, 4) is 5.75 Å². The average Bonchev–Trinajstić information content (AvgIpc) is 2.71. The van der Waals surface area contributed by atoms with E-state index in [1.807, 2.05) is 12.1 Å². The molecular formula is C13H19NO3. The molecule has 0 aromatic heterocycles. The summed E-state index contributed by atoms with van der Waals surface area (Å²) in [5.74, 6) is 0.313. The maximum Gasteiger partial charge on any atom is 0.115 e. The van der Waals surface area contributed by atoms with Crippen LogP contribution in [0.3, 0.4) is 0 Å². The molecule has 0 radical (unpaired) electrons. The Kier molecular flexibility index (Phi) is 3.99. The van der Waals surface area contributed by atoms with E-state index < -0.39 is 0 Å². The normalized spacial score (nSPS) is 25.3. The monoisotopic (exact) mass is 237 g/mol. The SMILES string of the molecule is COC1CN(Cc2cccc(O)c2)CC1OC. The van der Waals surface area contributed by atoms with Gasteiger partial charge in [-0.05, 0) is 17.7 Å². The number of phenols is 1. The van der Waals surface area contributed by atoms with Gasteiger partial charge >= 0.3 is 0 Å². The van der Waals surface area contributed by atoms with Crippen LogP contribution in [-0.4, -0.2) is 49.5 Å². The lowest BCUT2D eigenvalue weighted by atomic mass is 10.2. The maximum absolute atomic E-state index is 9.42. The molecule has 17 heavy (non-hydrogen) atoms. The number of hydrogen-bond acceptors (Lipinski definition) is 4. The molecule has 0 aliphatic carbocycles. The predicted octanol–water partition coefficient (Wildman–Crippen LogP) is 1.24. The Balaban J connectivity index is 1.97. The average molecular weight is 237 g/mol. The van der Waals surface area contributed by atoms with Crippen LogP contribution in [0.4, 0.5) is 0 Å². The molecule has 2 rings (SSSR count). The van der Waals surface area contributed by atoms with Crippen LogP contribution >= 0.6 is 0 Å². The fraction of sp³-hybridized carbons (Fsp3) is 0.538. The Bertz CT molecular complexity index is 357. The van der Waals surface area contributed by atoms with Crippen molar-refractivity contribution in [1.29, 1.82) is 0 Å². The van der Waals surface area contributed by atoms with Crippen LogP contribution in [0.15, 0.2) is 24.3 Å². The summed E-state index contributed by atoms with van der Waals surface area (Å²) in [7, 11) is 3.43. The lowest BCUT2D eigenvalue weighted by Crippen LogP contribution is -2.27. The Morgan fingerprint density at radius 3 is 2.41 bits per heavy atom. The number of likely N-dealkylation sites (tertiary alicyclic amines) is 1. The van der Waals surface area contributed by atoms with Crippen LogP contribution in [0.5, 0.6) is 5.75 Å². The van der Waals surface area contributed by atoms with Crippen LogP contribution in [0.2, 0.25) is 0 Å². The molecule has 1 fully saturated rings. The molecule has 1 saturated heterocycles. The van der Waals surface area contributed by atoms with Gasteiger partial charge < -0.3 is 14.6 Å². The van der Waals surface area contributed by atoms with Gasteiger partial charge in [-0.15, -0.1) is 0 Å². The van der Waals surface area contributed by atoms with E-state index in [0.29, 0.717) is 5.75 Å². The van der Waals surface area contributed by atoms with E-state index in [2.05, 4.69) is 4.90 Å². The summed E-state index contributed by atoms with van der Waals surface area (Å²) in [5.41, 5.74) is 1.11. The summed E-state index contributed by atoms with van der Waals surface area (Å²) >= 11 is 0. The predicted molar refractivity (Wildman–Crippen MR) is 65.0 cm³/mol. The van der Waals surface area contributed by atoms with Gasteiger partial charge in [0.1, 0.15) is 5.75 Å². The second kappa shape index (κ2) is 5.49. The third kappa shape index (κ3) is 2.97. The highest BCUT2D eigenvalue weighted by molar-refractivity contribution is 5.27. The van der Waals surface area contributed by atoms with Crippen molar-refractivity contribution in [2.24, 2.45) is 0 Å². The van der Waals surface area contributed by atoms with Gasteiger partial charge in [-0.2, -0.15) is 0 Å². The minimum Gasteiger partial charge on any atom is -0.508 e. The smallest absolute Gasteiger partial charge is 0.115 e. The molecule has 0 spiro atoms. The van der Waals surface area contributed by atoms with E-state index in [0.717, 1.165) is 25.2 Å². The molecule has 2 unspecified atom stereocenters. The van der Waals surface area contributed by atoms with E-state index in [9.17, 15) is 5.11 Å². The van der Waals surface area contributed by atoms with Crippen molar-refractivity contribution in [3.63, 3.8) is 0 Å². The van der Waals surface area contributed by atoms with Gasteiger partial charge in [0.25, 0.3) is 0 Å². The zero-order chi connectivity index (χ0) is 12.3. The van der Waals surface area contributed by atoms with E-state index >= 15 is 0 Å². The second-order valence-electron chi connectivity index (χ2n) is 4.41. The van der Waals surface area contributed by atoms with E-state index in [4.69, 9.17) is 9.47 Å². The van der Waals surface area contributed by atoms with Gasteiger partial charge in [0, 0.05) is 33.9 Å². The standard InChI is InChI=1S/C13H19NO3/c1-16-12-8-14(9-13(12)17-2)7-10-4-3-5-11(15)6-10/h3-6,12-13,15H,7-9H2,1-2H3. The van der Waals surface area contributed by atoms with Gasteiger partial charge in [0.2, 0.25) is 0 Å². The first kappa shape index (κ1) is 12.4. The minimum absolute atomic E-state index is 0.136. The molecule has 4 heteroatoms. The topological polar surface area (TPSA) is 41.9 Å². The second-order valence-corrected chi connectivity index (χ2v) is 4.41. The molecule has 1 aliphatic rings. The molecule has 2 atom stereocenters. The summed E-state index contributed by atoms with van der Waals surface area (Å²) in [5, 5.41) is 9.42. The highest BCUT2D eigenvalue weighted by atomic mass is 16.5. The van der Waals surface area contributed by atoms with Gasteiger partial charge in [-0.25, -0.2) is 0 Å². The third-order valence-electron chi connectivity index (χ3n) is 3.21. The first-order chi connectivity index (χ1) is 8.22. The van der Waals surface area contributed by atoms with Crippen LogP contribution in [-0.2, 0) is 16.0 Å². The number of phenolic OH excluding ortho intramolecular Hbond substituents is 1. The van der Waals surface area contributed by atoms with Crippen LogP contribution in [0.1, 0.15) is 5.56 Å². The molecule has 1 aliphatic heterocycles. The van der Waals surface area contributed by atoms with Crippen molar-refractivity contribution in [1.82, 2.24) is 4.90 Å². The summed E-state index contributed by atoms with van der Waals surface area (Å²) in [6.45, 7) is 2.55. The number of ether oxygens (including phenoxy) is 2. The summed E-state index contributed by atoms with van der Waals surface area (Å²) < 4.78 is 10.8. The van der Waals surface area contributed by atoms with Gasteiger partial charge in [-0.1, -0.05) is 12.1 Å². The first-order valence-electron chi connectivity index (χ1n) is 5.78. The molecule has 94 valence electrons. The molecule has 4 nitrogen and oxygen atoms in total. The summed E-state index contributed by atoms with van der Waals surface area (Å²) in [6, 6.07) is 7.36. The molecular weight excluding hydrogens is 218 g/mol. The minimum atomic E-state index is 0.136.